The van der Waals surface area contributed by atoms with E-state index in [1.54, 1.807) is 0 Å². The Kier molecular flexibility index (Phi) is 124. The molecule has 0 aromatic heterocycles. The Bertz CT molecular complexity index is 8.00. The molecule has 0 aromatic rings. The summed E-state index contributed by atoms with van der Waals surface area (Å²) in [7, 11) is 0. The summed E-state index contributed by atoms with van der Waals surface area (Å²) < 4.78 is 0. The minimum atomic E-state index is 0. The van der Waals surface area contributed by atoms with Crippen LogP contribution in [0.4, 0.5) is 0 Å². The van der Waals surface area contributed by atoms with Gasteiger partial charge in [0.2, 0.25) is 0 Å². The van der Waals surface area contributed by atoms with Crippen molar-refractivity contribution in [3.05, 3.63) is 0 Å². The molecule has 0 heterocycles. The summed E-state index contributed by atoms with van der Waals surface area (Å²) in [6, 6.07) is 0. The molecular weight excluding hydrogens is 428 g/mol. The maximum absolute atomic E-state index is 0. The monoisotopic (exact) mass is 440 g/mol. The molecule has 0 atom stereocenters. The van der Waals surface area contributed by atoms with Crippen molar-refractivity contribution in [2.24, 2.45) is 0 Å². The van der Waals surface area contributed by atoms with Crippen LogP contribution in [0.25, 0.3) is 0 Å². The maximum atomic E-state index is 0. The fourth-order valence-corrected chi connectivity index (χ4v) is 0. The summed E-state index contributed by atoms with van der Waals surface area (Å²) in [5.74, 6) is 0. The second kappa shape index (κ2) is 17.0. The second-order valence-electron chi connectivity index (χ2n) is 0. The number of hydrogen-bond donors (Lipinski definition) is 0. The predicted octanol–water partition coefficient (Wildman–Crippen LogP) is -3.55. The molecule has 0 saturated heterocycles. The van der Waals surface area contributed by atoms with Crippen molar-refractivity contribution in [2.45, 2.75) is 0 Å². The Morgan fingerprint density at radius 1 is 1.00 bits per heavy atom. The van der Waals surface area contributed by atoms with Gasteiger partial charge in [-0.2, -0.15) is 0 Å². The van der Waals surface area contributed by atoms with Crippen molar-refractivity contribution in [3.63, 3.8) is 0 Å². The molecule has 0 unspecified atom stereocenters. The summed E-state index contributed by atoms with van der Waals surface area (Å²) >= 11 is 0. The van der Waals surface area contributed by atoms with Crippen molar-refractivity contribution < 1.29 is 20.4 Å². The van der Waals surface area contributed by atoms with Crippen molar-refractivity contribution in [1.82, 2.24) is 0 Å². The summed E-state index contributed by atoms with van der Waals surface area (Å²) in [5.41, 5.74) is 0. The molecule has 0 amide bonds. The van der Waals surface area contributed by atoms with Gasteiger partial charge in [0.15, 0.2) is 0 Å². The van der Waals surface area contributed by atoms with Crippen molar-refractivity contribution in [1.29, 1.82) is 0 Å². The van der Waals surface area contributed by atoms with E-state index in [0.717, 1.165) is 0 Å². The van der Waals surface area contributed by atoms with Crippen LogP contribution in [0.1, 0.15) is 0 Å². The van der Waals surface area contributed by atoms with Crippen LogP contribution >= 0.6 is 0 Å². The Balaban J connectivity index is 0. The van der Waals surface area contributed by atoms with E-state index in [4.69, 9.17) is 0 Å². The van der Waals surface area contributed by atoms with Crippen LogP contribution in [0, 0.1) is 0 Å². The van der Waals surface area contributed by atoms with Gasteiger partial charge in [-0.15, -0.1) is 0 Å². The van der Waals surface area contributed by atoms with Crippen LogP contribution in [0.2, 0.25) is 0 Å². The summed E-state index contributed by atoms with van der Waals surface area (Å²) in [6.45, 7) is 0. The Hall–Kier alpha value is 2.81. The Morgan fingerprint density at radius 2 is 1.00 bits per heavy atom. The Labute approximate surface area is 84.7 Å². The molecular formula is H9GePdSbTe. The van der Waals surface area contributed by atoms with Gasteiger partial charge in [0.1, 0.15) is 0 Å². The first-order valence-corrected chi connectivity index (χ1v) is 0. The summed E-state index contributed by atoms with van der Waals surface area (Å²) in [6.07, 6.45) is 0. The van der Waals surface area contributed by atoms with E-state index >= 15 is 0 Å². The molecule has 0 aromatic carbocycles. The molecule has 4 heteroatoms. The summed E-state index contributed by atoms with van der Waals surface area (Å²) in [5, 5.41) is 0. The molecule has 0 bridgehead atoms. The van der Waals surface area contributed by atoms with E-state index in [0.29, 0.717) is 0 Å². The zero-order valence-corrected chi connectivity index (χ0v) is 9.97. The van der Waals surface area contributed by atoms with E-state index in [1.165, 1.54) is 0 Å². The van der Waals surface area contributed by atoms with Gasteiger partial charge in [0, 0.05) is 20.4 Å². The molecule has 0 saturated carbocycles. The van der Waals surface area contributed by atoms with E-state index in [-0.39, 0.29) is 86.1 Å². The molecule has 0 aliphatic rings. The van der Waals surface area contributed by atoms with Gasteiger partial charge >= 0.3 is 65.7 Å². The van der Waals surface area contributed by atoms with E-state index in [2.05, 4.69) is 0 Å². The topological polar surface area (TPSA) is 0 Å². The van der Waals surface area contributed by atoms with Gasteiger partial charge < -0.3 is 0 Å². The molecule has 0 aliphatic heterocycles. The van der Waals surface area contributed by atoms with Gasteiger partial charge in [-0.25, -0.2) is 0 Å². The average molecular weight is 437 g/mol. The predicted molar refractivity (Wildman–Crippen MR) is 29.8 cm³/mol. The molecule has 0 fully saturated rings. The first-order chi connectivity index (χ1) is 0. The van der Waals surface area contributed by atoms with Crippen LogP contribution < -0.4 is 0 Å². The standard InChI is InChI=1S/GeH4.Pd.Sb.H2Te.3H/h1H4;;;1H2;;;. The van der Waals surface area contributed by atoms with Gasteiger partial charge in [0.25, 0.3) is 0 Å². The normalized spacial score (nSPS) is 0. The average Bonchev–Trinajstić information content (AvgIpc) is 0. The van der Waals surface area contributed by atoms with Crippen LogP contribution in [0.5, 0.6) is 0 Å². The number of rotatable bonds is 0. The fraction of sp³-hybridized carbons (Fsp3) is 0. The molecule has 0 nitrogen and oxygen atoms in total. The molecule has 0 spiro atoms. The van der Waals surface area contributed by atoms with Crippen LogP contribution in [-0.4, -0.2) is 65.7 Å². The van der Waals surface area contributed by atoms with Crippen molar-refractivity contribution in [2.75, 3.05) is 0 Å². The van der Waals surface area contributed by atoms with E-state index in [1.807, 2.05) is 0 Å². The molecule has 0 rings (SSSR count). The third kappa shape index (κ3) is 8.84. The zero-order valence-electron chi connectivity index (χ0n) is 1.52. The fourth-order valence-electron chi connectivity index (χ4n) is 0. The van der Waals surface area contributed by atoms with Gasteiger partial charge in [-0.05, 0) is 0 Å². The second-order valence-corrected chi connectivity index (χ2v) is 0. The van der Waals surface area contributed by atoms with E-state index in [9.17, 15) is 0 Å². The van der Waals surface area contributed by atoms with Crippen LogP contribution in [0.3, 0.4) is 0 Å². The third-order valence-electron chi connectivity index (χ3n) is 0. The van der Waals surface area contributed by atoms with Gasteiger partial charge in [-0.1, -0.05) is 0 Å². The molecule has 0 N–H and O–H groups in total. The van der Waals surface area contributed by atoms with Crippen molar-refractivity contribution in [3.8, 4) is 0 Å². The van der Waals surface area contributed by atoms with Crippen molar-refractivity contribution >= 4 is 65.7 Å². The molecule has 0 radical (unpaired) electrons. The molecule has 34 valence electrons. The SMILES string of the molecule is [GeH4].[Pd].[SbH3].[TeH2]. The number of hydrogen-bond acceptors (Lipinski definition) is 0. The zero-order chi connectivity index (χ0) is 0. The minimum absolute atomic E-state index is 0. The Morgan fingerprint density at radius 3 is 1.00 bits per heavy atom. The van der Waals surface area contributed by atoms with Crippen LogP contribution in [-0.2, 0) is 20.4 Å². The quantitative estimate of drug-likeness (QED) is 0.345. The van der Waals surface area contributed by atoms with Gasteiger partial charge in [-0.3, -0.25) is 0 Å². The first-order valence-electron chi connectivity index (χ1n) is 0. The third-order valence-corrected chi connectivity index (χ3v) is 0. The van der Waals surface area contributed by atoms with Crippen LogP contribution in [0.15, 0.2) is 0 Å². The van der Waals surface area contributed by atoms with Gasteiger partial charge in [0.05, 0.1) is 0 Å². The summed E-state index contributed by atoms with van der Waals surface area (Å²) in [4.78, 5) is 0. The van der Waals surface area contributed by atoms with E-state index < -0.39 is 0 Å². The molecule has 0 aliphatic carbocycles. The molecule has 4 heavy (non-hydrogen) atoms. The first kappa shape index (κ1) is 29.1.